The summed E-state index contributed by atoms with van der Waals surface area (Å²) in [6.45, 7) is 9.29. The predicted octanol–water partition coefficient (Wildman–Crippen LogP) is 4.55. The van der Waals surface area contributed by atoms with Crippen LogP contribution in [-0.4, -0.2) is 19.7 Å². The Morgan fingerprint density at radius 2 is 2.00 bits per heavy atom. The molecule has 0 spiro atoms. The van der Waals surface area contributed by atoms with Crippen molar-refractivity contribution in [2.75, 3.05) is 19.7 Å². The van der Waals surface area contributed by atoms with Gasteiger partial charge in [-0.05, 0) is 36.9 Å². The molecule has 0 aliphatic carbocycles. The average Bonchev–Trinajstić information content (AvgIpc) is 2.39. The second-order valence-electron chi connectivity index (χ2n) is 5.22. The number of ether oxygens (including phenoxy) is 1. The summed E-state index contributed by atoms with van der Waals surface area (Å²) in [5.74, 6) is 0.749. The Labute approximate surface area is 126 Å². The van der Waals surface area contributed by atoms with Crippen LogP contribution in [0.4, 0.5) is 0 Å². The number of nitrogens with one attached hydrogen (secondary N) is 1. The van der Waals surface area contributed by atoms with Gasteiger partial charge in [0.25, 0.3) is 0 Å². The van der Waals surface area contributed by atoms with E-state index in [9.17, 15) is 0 Å². The van der Waals surface area contributed by atoms with Gasteiger partial charge < -0.3 is 10.1 Å². The normalized spacial score (nSPS) is 12.9. The van der Waals surface area contributed by atoms with Gasteiger partial charge in [0.15, 0.2) is 0 Å². The Morgan fingerprint density at radius 1 is 1.26 bits per heavy atom. The largest absolute Gasteiger partial charge is 0.372 e. The summed E-state index contributed by atoms with van der Waals surface area (Å²) >= 11 is 3.61. The molecule has 1 aromatic carbocycles. The lowest BCUT2D eigenvalue weighted by molar-refractivity contribution is 0.0486. The highest BCUT2D eigenvalue weighted by molar-refractivity contribution is 9.10. The highest BCUT2D eigenvalue weighted by atomic mass is 79.9. The fraction of sp³-hybridized carbons (Fsp3) is 0.625. The van der Waals surface area contributed by atoms with E-state index in [0.717, 1.165) is 36.5 Å². The van der Waals surface area contributed by atoms with Gasteiger partial charge in [0.2, 0.25) is 0 Å². The lowest BCUT2D eigenvalue weighted by Crippen LogP contribution is -2.23. The molecule has 0 aliphatic rings. The van der Waals surface area contributed by atoms with Crippen LogP contribution in [0.25, 0.3) is 0 Å². The van der Waals surface area contributed by atoms with E-state index < -0.39 is 0 Å². The summed E-state index contributed by atoms with van der Waals surface area (Å²) < 4.78 is 7.20. The molecule has 0 heterocycles. The van der Waals surface area contributed by atoms with E-state index in [4.69, 9.17) is 4.74 Å². The first-order valence-electron chi connectivity index (χ1n) is 7.21. The van der Waals surface area contributed by atoms with E-state index in [0.29, 0.717) is 0 Å². The maximum absolute atomic E-state index is 6.07. The van der Waals surface area contributed by atoms with Crippen molar-refractivity contribution in [3.8, 4) is 0 Å². The molecule has 0 aliphatic heterocycles. The molecule has 0 radical (unpaired) electrons. The molecule has 0 saturated heterocycles. The summed E-state index contributed by atoms with van der Waals surface area (Å²) in [5.41, 5.74) is 1.23. The molecule has 1 atom stereocenters. The van der Waals surface area contributed by atoms with Crippen molar-refractivity contribution in [1.82, 2.24) is 5.32 Å². The molecule has 1 aromatic rings. The molecule has 1 N–H and O–H groups in total. The lowest BCUT2D eigenvalue weighted by atomic mass is 10.1. The van der Waals surface area contributed by atoms with Crippen molar-refractivity contribution >= 4 is 15.9 Å². The Morgan fingerprint density at radius 3 is 2.63 bits per heavy atom. The van der Waals surface area contributed by atoms with Crippen molar-refractivity contribution in [3.63, 3.8) is 0 Å². The van der Waals surface area contributed by atoms with Crippen LogP contribution in [0.1, 0.15) is 45.3 Å². The number of rotatable bonds is 9. The van der Waals surface area contributed by atoms with E-state index in [-0.39, 0.29) is 6.10 Å². The second kappa shape index (κ2) is 9.51. The van der Waals surface area contributed by atoms with E-state index >= 15 is 0 Å². The second-order valence-corrected chi connectivity index (χ2v) is 6.08. The van der Waals surface area contributed by atoms with E-state index in [1.165, 1.54) is 12.0 Å². The molecule has 0 saturated carbocycles. The third-order valence-electron chi connectivity index (χ3n) is 3.08. The van der Waals surface area contributed by atoms with Crippen LogP contribution in [-0.2, 0) is 4.74 Å². The number of likely N-dealkylation sites (N-methyl/N-ethyl adjacent to an activating group) is 1. The number of benzene rings is 1. The first-order chi connectivity index (χ1) is 9.15. The van der Waals surface area contributed by atoms with Crippen LogP contribution < -0.4 is 5.32 Å². The predicted molar refractivity (Wildman–Crippen MR) is 85.5 cm³/mol. The summed E-state index contributed by atoms with van der Waals surface area (Å²) in [5, 5.41) is 3.38. The van der Waals surface area contributed by atoms with Gasteiger partial charge in [0.1, 0.15) is 0 Å². The molecule has 1 rings (SSSR count). The molecule has 0 fully saturated rings. The van der Waals surface area contributed by atoms with Crippen LogP contribution in [0.15, 0.2) is 28.7 Å². The number of hydrogen-bond donors (Lipinski definition) is 1. The lowest BCUT2D eigenvalue weighted by Gasteiger charge is -2.20. The minimum Gasteiger partial charge on any atom is -0.372 e. The maximum atomic E-state index is 6.07. The summed E-state index contributed by atoms with van der Waals surface area (Å²) in [4.78, 5) is 0. The van der Waals surface area contributed by atoms with Gasteiger partial charge in [0.05, 0.1) is 6.10 Å². The van der Waals surface area contributed by atoms with Crippen molar-refractivity contribution in [3.05, 3.63) is 34.3 Å². The van der Waals surface area contributed by atoms with Crippen molar-refractivity contribution in [2.24, 2.45) is 5.92 Å². The Balaban J connectivity index is 2.54. The zero-order valence-corrected chi connectivity index (χ0v) is 13.9. The molecule has 2 nitrogen and oxygen atoms in total. The van der Waals surface area contributed by atoms with Crippen molar-refractivity contribution in [1.29, 1.82) is 0 Å². The SMILES string of the molecule is CCNCC(OCCCC(C)C)c1ccccc1Br. The molecule has 3 heteroatoms. The maximum Gasteiger partial charge on any atom is 0.0960 e. The first-order valence-corrected chi connectivity index (χ1v) is 8.01. The van der Waals surface area contributed by atoms with Crippen molar-refractivity contribution in [2.45, 2.75) is 39.7 Å². The molecule has 0 amide bonds. The van der Waals surface area contributed by atoms with Gasteiger partial charge in [-0.25, -0.2) is 0 Å². The van der Waals surface area contributed by atoms with Crippen LogP contribution in [0.2, 0.25) is 0 Å². The molecule has 108 valence electrons. The van der Waals surface area contributed by atoms with Crippen LogP contribution in [0.5, 0.6) is 0 Å². The topological polar surface area (TPSA) is 21.3 Å². The molecule has 0 bridgehead atoms. The minimum absolute atomic E-state index is 0.127. The zero-order chi connectivity index (χ0) is 14.1. The van der Waals surface area contributed by atoms with Crippen LogP contribution >= 0.6 is 15.9 Å². The zero-order valence-electron chi connectivity index (χ0n) is 12.3. The highest BCUT2D eigenvalue weighted by Crippen LogP contribution is 2.25. The molecular formula is C16H26BrNO. The van der Waals surface area contributed by atoms with E-state index in [1.54, 1.807) is 0 Å². The average molecular weight is 328 g/mol. The molecule has 1 unspecified atom stereocenters. The number of halogens is 1. The fourth-order valence-corrected chi connectivity index (χ4v) is 2.53. The summed E-state index contributed by atoms with van der Waals surface area (Å²) in [7, 11) is 0. The van der Waals surface area contributed by atoms with Crippen LogP contribution in [0, 0.1) is 5.92 Å². The molecular weight excluding hydrogens is 302 g/mol. The van der Waals surface area contributed by atoms with Gasteiger partial charge in [-0.3, -0.25) is 0 Å². The molecule has 0 aromatic heterocycles. The van der Waals surface area contributed by atoms with E-state index in [2.05, 4.69) is 60.2 Å². The Kier molecular flexibility index (Phi) is 8.35. The van der Waals surface area contributed by atoms with Crippen LogP contribution in [0.3, 0.4) is 0 Å². The number of hydrogen-bond acceptors (Lipinski definition) is 2. The molecule has 19 heavy (non-hydrogen) atoms. The third kappa shape index (κ3) is 6.55. The highest BCUT2D eigenvalue weighted by Gasteiger charge is 2.14. The quantitative estimate of drug-likeness (QED) is 0.671. The Bertz CT molecular complexity index is 354. The first kappa shape index (κ1) is 16.7. The summed E-state index contributed by atoms with van der Waals surface area (Å²) in [6, 6.07) is 8.31. The van der Waals surface area contributed by atoms with Gasteiger partial charge in [0, 0.05) is 17.6 Å². The Hall–Kier alpha value is -0.380. The van der Waals surface area contributed by atoms with Gasteiger partial charge in [-0.2, -0.15) is 0 Å². The van der Waals surface area contributed by atoms with Gasteiger partial charge in [-0.15, -0.1) is 0 Å². The summed E-state index contributed by atoms with van der Waals surface area (Å²) in [6.07, 6.45) is 2.48. The van der Waals surface area contributed by atoms with Crippen molar-refractivity contribution < 1.29 is 4.74 Å². The van der Waals surface area contributed by atoms with E-state index in [1.807, 2.05) is 6.07 Å². The monoisotopic (exact) mass is 327 g/mol. The van der Waals surface area contributed by atoms with Gasteiger partial charge >= 0.3 is 0 Å². The third-order valence-corrected chi connectivity index (χ3v) is 3.80. The minimum atomic E-state index is 0.127. The standard InChI is InChI=1S/C16H26BrNO/c1-4-18-12-16(19-11-7-8-13(2)3)14-9-5-6-10-15(14)17/h5-6,9-10,13,16,18H,4,7-8,11-12H2,1-3H3. The van der Waals surface area contributed by atoms with Gasteiger partial charge in [-0.1, -0.05) is 54.9 Å². The fourth-order valence-electron chi connectivity index (χ4n) is 1.99. The smallest absolute Gasteiger partial charge is 0.0960 e.